The van der Waals surface area contributed by atoms with Crippen molar-refractivity contribution < 1.29 is 4.74 Å². The number of imidazole rings is 1. The largest absolute Gasteiger partial charge is 0.493 e. The van der Waals surface area contributed by atoms with Gasteiger partial charge in [-0.05, 0) is 30.5 Å². The highest BCUT2D eigenvalue weighted by Crippen LogP contribution is 2.26. The summed E-state index contributed by atoms with van der Waals surface area (Å²) in [4.78, 5) is 4.39. The topological polar surface area (TPSA) is 53.1 Å². The third kappa shape index (κ3) is 2.85. The van der Waals surface area contributed by atoms with Gasteiger partial charge in [0.05, 0.1) is 6.61 Å². The van der Waals surface area contributed by atoms with Gasteiger partial charge in [0.15, 0.2) is 0 Å². The number of benzene rings is 1. The Morgan fingerprint density at radius 2 is 2.35 bits per heavy atom. The van der Waals surface area contributed by atoms with E-state index in [0.29, 0.717) is 0 Å². The first-order chi connectivity index (χ1) is 9.72. The summed E-state index contributed by atoms with van der Waals surface area (Å²) in [5, 5.41) is 0. The first-order valence-electron chi connectivity index (χ1n) is 7.22. The number of rotatable bonds is 5. The van der Waals surface area contributed by atoms with Crippen LogP contribution in [0.4, 0.5) is 0 Å². The van der Waals surface area contributed by atoms with E-state index in [-0.39, 0.29) is 6.04 Å². The first-order valence-corrected chi connectivity index (χ1v) is 7.22. The zero-order valence-electron chi connectivity index (χ0n) is 11.9. The molecule has 1 aromatic heterocycles. The molecule has 0 radical (unpaired) electrons. The lowest BCUT2D eigenvalue weighted by molar-refractivity contribution is 0.357. The summed E-state index contributed by atoms with van der Waals surface area (Å²) in [6.07, 6.45) is 6.76. The molecular weight excluding hydrogens is 250 g/mol. The quantitative estimate of drug-likeness (QED) is 0.904. The van der Waals surface area contributed by atoms with Crippen molar-refractivity contribution in [1.29, 1.82) is 0 Å². The summed E-state index contributed by atoms with van der Waals surface area (Å²) >= 11 is 0. The highest BCUT2D eigenvalue weighted by Gasteiger charge is 2.12. The van der Waals surface area contributed by atoms with Crippen LogP contribution in [0.5, 0.6) is 5.75 Å². The van der Waals surface area contributed by atoms with Crippen molar-refractivity contribution >= 4 is 0 Å². The van der Waals surface area contributed by atoms with E-state index in [9.17, 15) is 0 Å². The molecule has 1 aliphatic heterocycles. The van der Waals surface area contributed by atoms with Crippen LogP contribution in [-0.4, -0.2) is 22.2 Å². The van der Waals surface area contributed by atoms with Gasteiger partial charge in [0.1, 0.15) is 11.6 Å². The van der Waals surface area contributed by atoms with E-state index in [2.05, 4.69) is 27.8 Å². The number of hydrogen-bond acceptors (Lipinski definition) is 3. The molecule has 20 heavy (non-hydrogen) atoms. The van der Waals surface area contributed by atoms with Gasteiger partial charge < -0.3 is 15.0 Å². The van der Waals surface area contributed by atoms with E-state index in [0.717, 1.165) is 44.0 Å². The van der Waals surface area contributed by atoms with Crippen molar-refractivity contribution in [2.45, 2.75) is 38.8 Å². The van der Waals surface area contributed by atoms with Crippen LogP contribution in [0.15, 0.2) is 30.6 Å². The van der Waals surface area contributed by atoms with Gasteiger partial charge in [0.2, 0.25) is 0 Å². The van der Waals surface area contributed by atoms with Crippen molar-refractivity contribution in [3.63, 3.8) is 0 Å². The van der Waals surface area contributed by atoms with E-state index in [1.807, 2.05) is 19.3 Å². The Bertz CT molecular complexity index is 589. The Balaban J connectivity index is 1.66. The Kier molecular flexibility index (Phi) is 3.74. The minimum atomic E-state index is 0.147. The van der Waals surface area contributed by atoms with Crippen molar-refractivity contribution in [3.05, 3.63) is 47.5 Å². The molecule has 1 unspecified atom stereocenters. The SMILES string of the molecule is CC(N)Cc1nccn1CCc1ccc2c(c1)CCO2. The van der Waals surface area contributed by atoms with Gasteiger partial charge >= 0.3 is 0 Å². The van der Waals surface area contributed by atoms with Crippen molar-refractivity contribution in [2.75, 3.05) is 6.61 Å². The summed E-state index contributed by atoms with van der Waals surface area (Å²) in [6.45, 7) is 3.78. The van der Waals surface area contributed by atoms with Gasteiger partial charge in [-0.15, -0.1) is 0 Å². The monoisotopic (exact) mass is 271 g/mol. The second-order valence-corrected chi connectivity index (χ2v) is 5.51. The molecule has 0 saturated carbocycles. The zero-order valence-corrected chi connectivity index (χ0v) is 11.9. The molecule has 1 atom stereocenters. The molecular formula is C16H21N3O. The fraction of sp³-hybridized carbons (Fsp3) is 0.438. The third-order valence-electron chi connectivity index (χ3n) is 3.70. The van der Waals surface area contributed by atoms with Crippen LogP contribution in [0.25, 0.3) is 0 Å². The number of nitrogens with two attached hydrogens (primary N) is 1. The molecule has 2 aromatic rings. The van der Waals surface area contributed by atoms with E-state index < -0.39 is 0 Å². The molecule has 4 heteroatoms. The normalized spacial score (nSPS) is 14.9. The summed E-state index contributed by atoms with van der Waals surface area (Å²) in [5.41, 5.74) is 8.55. The Morgan fingerprint density at radius 3 is 3.20 bits per heavy atom. The third-order valence-corrected chi connectivity index (χ3v) is 3.70. The highest BCUT2D eigenvalue weighted by atomic mass is 16.5. The molecule has 0 amide bonds. The van der Waals surface area contributed by atoms with Crippen molar-refractivity contribution in [2.24, 2.45) is 5.73 Å². The predicted molar refractivity (Wildman–Crippen MR) is 78.9 cm³/mol. The zero-order chi connectivity index (χ0) is 13.9. The van der Waals surface area contributed by atoms with E-state index in [1.165, 1.54) is 11.1 Å². The highest BCUT2D eigenvalue weighted by molar-refractivity contribution is 5.39. The van der Waals surface area contributed by atoms with Gasteiger partial charge in [-0.2, -0.15) is 0 Å². The minimum absolute atomic E-state index is 0.147. The van der Waals surface area contributed by atoms with Crippen LogP contribution in [0, 0.1) is 0 Å². The number of fused-ring (bicyclic) bond motifs is 1. The lowest BCUT2D eigenvalue weighted by Gasteiger charge is -2.10. The van der Waals surface area contributed by atoms with Crippen LogP contribution >= 0.6 is 0 Å². The Morgan fingerprint density at radius 1 is 1.45 bits per heavy atom. The maximum absolute atomic E-state index is 5.85. The second-order valence-electron chi connectivity index (χ2n) is 5.51. The molecule has 1 aliphatic rings. The van der Waals surface area contributed by atoms with Crippen LogP contribution in [0.1, 0.15) is 23.9 Å². The van der Waals surface area contributed by atoms with Crippen LogP contribution in [0.2, 0.25) is 0 Å². The molecule has 0 aliphatic carbocycles. The predicted octanol–water partition coefficient (Wildman–Crippen LogP) is 1.95. The standard InChI is InChI=1S/C16H21N3O/c1-12(17)10-16-18-6-8-19(16)7-4-13-2-3-15-14(11-13)5-9-20-15/h2-3,6,8,11-12H,4-5,7,9-10,17H2,1H3. The van der Waals surface area contributed by atoms with E-state index in [1.54, 1.807) is 0 Å². The minimum Gasteiger partial charge on any atom is -0.493 e. The average molecular weight is 271 g/mol. The fourth-order valence-corrected chi connectivity index (χ4v) is 2.67. The van der Waals surface area contributed by atoms with Gasteiger partial charge in [-0.3, -0.25) is 0 Å². The molecule has 2 N–H and O–H groups in total. The number of hydrogen-bond donors (Lipinski definition) is 1. The summed E-state index contributed by atoms with van der Waals surface area (Å²) < 4.78 is 7.74. The second kappa shape index (κ2) is 5.67. The maximum atomic E-state index is 5.85. The first kappa shape index (κ1) is 13.2. The van der Waals surface area contributed by atoms with Crippen molar-refractivity contribution in [3.8, 4) is 5.75 Å². The summed E-state index contributed by atoms with van der Waals surface area (Å²) in [7, 11) is 0. The molecule has 1 aromatic carbocycles. The number of aromatic nitrogens is 2. The Labute approximate surface area is 119 Å². The molecule has 3 rings (SSSR count). The number of nitrogens with zero attached hydrogens (tertiary/aromatic N) is 2. The van der Waals surface area contributed by atoms with Gasteiger partial charge in [0, 0.05) is 37.8 Å². The van der Waals surface area contributed by atoms with Crippen LogP contribution in [0.3, 0.4) is 0 Å². The lowest BCUT2D eigenvalue weighted by Crippen LogP contribution is -2.20. The molecule has 106 valence electrons. The Hall–Kier alpha value is -1.81. The smallest absolute Gasteiger partial charge is 0.122 e. The molecule has 0 fully saturated rings. The fourth-order valence-electron chi connectivity index (χ4n) is 2.67. The number of aryl methyl sites for hydroxylation is 2. The van der Waals surface area contributed by atoms with E-state index in [4.69, 9.17) is 10.5 Å². The van der Waals surface area contributed by atoms with Gasteiger partial charge in [0.25, 0.3) is 0 Å². The molecule has 0 spiro atoms. The number of ether oxygens (including phenoxy) is 1. The molecule has 2 heterocycles. The van der Waals surface area contributed by atoms with Crippen LogP contribution in [-0.2, 0) is 25.8 Å². The molecule has 4 nitrogen and oxygen atoms in total. The molecule has 0 saturated heterocycles. The summed E-state index contributed by atoms with van der Waals surface area (Å²) in [5.74, 6) is 2.12. The van der Waals surface area contributed by atoms with E-state index >= 15 is 0 Å². The average Bonchev–Trinajstić information content (AvgIpc) is 3.03. The van der Waals surface area contributed by atoms with Gasteiger partial charge in [-0.1, -0.05) is 12.1 Å². The maximum Gasteiger partial charge on any atom is 0.122 e. The lowest BCUT2D eigenvalue weighted by atomic mass is 10.1. The van der Waals surface area contributed by atoms with Crippen LogP contribution < -0.4 is 10.5 Å². The molecule has 0 bridgehead atoms. The van der Waals surface area contributed by atoms with Gasteiger partial charge in [-0.25, -0.2) is 4.98 Å². The summed E-state index contributed by atoms with van der Waals surface area (Å²) in [6, 6.07) is 6.67. The van der Waals surface area contributed by atoms with Crippen molar-refractivity contribution in [1.82, 2.24) is 9.55 Å².